The third kappa shape index (κ3) is 3.15. The zero-order chi connectivity index (χ0) is 19.1. The standard InChI is InChI=1S/C19H22FN5O2/c1-11(2)17-22-23-19(27-17)25-8-6-24(7-9-25)18(26)16-12(3)21-15-5-4-13(20)10-14(15)16/h4-5,10-11,21H,6-9H2,1-3H3. The first-order valence-corrected chi connectivity index (χ1v) is 9.09. The van der Waals surface area contributed by atoms with Gasteiger partial charge < -0.3 is 19.2 Å². The zero-order valence-corrected chi connectivity index (χ0v) is 15.6. The second kappa shape index (κ2) is 6.68. The highest BCUT2D eigenvalue weighted by Gasteiger charge is 2.27. The van der Waals surface area contributed by atoms with Crippen LogP contribution >= 0.6 is 0 Å². The summed E-state index contributed by atoms with van der Waals surface area (Å²) in [5.41, 5.74) is 2.06. The molecule has 0 atom stereocenters. The monoisotopic (exact) mass is 371 g/mol. The van der Waals surface area contributed by atoms with E-state index in [0.717, 1.165) is 11.2 Å². The number of benzene rings is 1. The number of nitrogens with one attached hydrogen (secondary N) is 1. The summed E-state index contributed by atoms with van der Waals surface area (Å²) in [5, 5.41) is 8.79. The topological polar surface area (TPSA) is 78.3 Å². The summed E-state index contributed by atoms with van der Waals surface area (Å²) in [5.74, 6) is 0.356. The summed E-state index contributed by atoms with van der Waals surface area (Å²) >= 11 is 0. The number of fused-ring (bicyclic) bond motifs is 1. The molecule has 1 aromatic carbocycles. The maximum Gasteiger partial charge on any atom is 0.318 e. The maximum atomic E-state index is 13.7. The Kier molecular flexibility index (Phi) is 4.33. The number of aryl methyl sites for hydroxylation is 1. The summed E-state index contributed by atoms with van der Waals surface area (Å²) in [6, 6.07) is 4.96. The van der Waals surface area contributed by atoms with Crippen LogP contribution in [0.15, 0.2) is 22.6 Å². The van der Waals surface area contributed by atoms with Crippen molar-refractivity contribution >= 4 is 22.8 Å². The molecule has 4 rings (SSSR count). The van der Waals surface area contributed by atoms with E-state index in [1.54, 1.807) is 11.0 Å². The molecule has 1 aliphatic heterocycles. The Morgan fingerprint density at radius 2 is 1.96 bits per heavy atom. The number of carbonyl (C=O) groups is 1. The van der Waals surface area contributed by atoms with E-state index in [2.05, 4.69) is 15.2 Å². The Hall–Kier alpha value is -2.90. The van der Waals surface area contributed by atoms with Crippen LogP contribution in [0.5, 0.6) is 0 Å². The van der Waals surface area contributed by atoms with E-state index in [9.17, 15) is 9.18 Å². The van der Waals surface area contributed by atoms with E-state index in [0.29, 0.717) is 49.0 Å². The van der Waals surface area contributed by atoms with E-state index < -0.39 is 0 Å². The smallest absolute Gasteiger partial charge is 0.318 e. The van der Waals surface area contributed by atoms with Crippen LogP contribution in [0.25, 0.3) is 10.9 Å². The Morgan fingerprint density at radius 1 is 1.22 bits per heavy atom. The molecule has 1 fully saturated rings. The van der Waals surface area contributed by atoms with E-state index in [-0.39, 0.29) is 17.6 Å². The summed E-state index contributed by atoms with van der Waals surface area (Å²) < 4.78 is 19.4. The number of amides is 1. The fourth-order valence-electron chi connectivity index (χ4n) is 3.42. The maximum absolute atomic E-state index is 13.7. The summed E-state index contributed by atoms with van der Waals surface area (Å²) in [4.78, 5) is 20.0. The van der Waals surface area contributed by atoms with Crippen LogP contribution < -0.4 is 4.90 Å². The van der Waals surface area contributed by atoms with Gasteiger partial charge in [-0.15, -0.1) is 5.10 Å². The van der Waals surface area contributed by atoms with Gasteiger partial charge in [0, 0.05) is 48.7 Å². The van der Waals surface area contributed by atoms with Gasteiger partial charge in [-0.2, -0.15) is 0 Å². The lowest BCUT2D eigenvalue weighted by Crippen LogP contribution is -2.49. The van der Waals surface area contributed by atoms with Gasteiger partial charge in [0.15, 0.2) is 0 Å². The third-order valence-corrected chi connectivity index (χ3v) is 4.92. The number of piperazine rings is 1. The molecule has 0 spiro atoms. The van der Waals surface area contributed by atoms with Gasteiger partial charge >= 0.3 is 6.01 Å². The molecule has 0 radical (unpaired) electrons. The predicted molar refractivity (Wildman–Crippen MR) is 99.5 cm³/mol. The Labute approximate surface area is 156 Å². The quantitative estimate of drug-likeness (QED) is 0.765. The van der Waals surface area contributed by atoms with Gasteiger partial charge in [0.05, 0.1) is 5.56 Å². The van der Waals surface area contributed by atoms with Gasteiger partial charge in [0.2, 0.25) is 5.89 Å². The van der Waals surface area contributed by atoms with Crippen LogP contribution in [0.1, 0.15) is 41.7 Å². The number of H-pyrrole nitrogens is 1. The molecular weight excluding hydrogens is 349 g/mol. The van der Waals surface area contributed by atoms with Crippen molar-refractivity contribution in [1.29, 1.82) is 0 Å². The highest BCUT2D eigenvalue weighted by atomic mass is 19.1. The minimum Gasteiger partial charge on any atom is -0.408 e. The zero-order valence-electron chi connectivity index (χ0n) is 15.6. The van der Waals surface area contributed by atoms with E-state index in [4.69, 9.17) is 4.42 Å². The number of halogens is 1. The van der Waals surface area contributed by atoms with Gasteiger partial charge in [0.25, 0.3) is 5.91 Å². The summed E-state index contributed by atoms with van der Waals surface area (Å²) in [7, 11) is 0. The fraction of sp³-hybridized carbons (Fsp3) is 0.421. The van der Waals surface area contributed by atoms with Crippen LogP contribution in [0.2, 0.25) is 0 Å². The fourth-order valence-corrected chi connectivity index (χ4v) is 3.42. The second-order valence-electron chi connectivity index (χ2n) is 7.17. The van der Waals surface area contributed by atoms with Crippen LogP contribution in [0.4, 0.5) is 10.4 Å². The van der Waals surface area contributed by atoms with Crippen molar-refractivity contribution in [1.82, 2.24) is 20.1 Å². The van der Waals surface area contributed by atoms with Crippen LogP contribution in [-0.4, -0.2) is 52.2 Å². The van der Waals surface area contributed by atoms with Crippen LogP contribution in [0, 0.1) is 12.7 Å². The first-order chi connectivity index (χ1) is 12.9. The van der Waals surface area contributed by atoms with Crippen molar-refractivity contribution in [2.24, 2.45) is 0 Å². The normalized spacial score (nSPS) is 15.1. The number of nitrogens with zero attached hydrogens (tertiary/aromatic N) is 4. The van der Waals surface area contributed by atoms with E-state index in [1.165, 1.54) is 12.1 Å². The number of hydrogen-bond donors (Lipinski definition) is 1. The molecule has 2 aromatic heterocycles. The molecule has 1 N–H and O–H groups in total. The Bertz CT molecular complexity index is 985. The molecule has 0 unspecified atom stereocenters. The minimum atomic E-state index is -0.349. The molecular formula is C19H22FN5O2. The van der Waals surface area contributed by atoms with Gasteiger partial charge in [-0.1, -0.05) is 18.9 Å². The number of aromatic amines is 1. The van der Waals surface area contributed by atoms with Gasteiger partial charge in [-0.25, -0.2) is 4.39 Å². The molecule has 0 aliphatic carbocycles. The van der Waals surface area contributed by atoms with Crippen molar-refractivity contribution in [3.05, 3.63) is 41.2 Å². The van der Waals surface area contributed by atoms with Gasteiger partial charge in [0.1, 0.15) is 5.82 Å². The van der Waals surface area contributed by atoms with E-state index >= 15 is 0 Å². The Morgan fingerprint density at radius 3 is 2.63 bits per heavy atom. The molecule has 3 aromatic rings. The molecule has 0 saturated carbocycles. The highest BCUT2D eigenvalue weighted by molar-refractivity contribution is 6.08. The average Bonchev–Trinajstić information content (AvgIpc) is 3.25. The first-order valence-electron chi connectivity index (χ1n) is 9.09. The molecule has 1 aliphatic rings. The third-order valence-electron chi connectivity index (χ3n) is 4.92. The van der Waals surface area contributed by atoms with Gasteiger partial charge in [-0.3, -0.25) is 4.79 Å². The number of carbonyl (C=O) groups excluding carboxylic acids is 1. The molecule has 7 nitrogen and oxygen atoms in total. The Balaban J connectivity index is 1.50. The SMILES string of the molecule is Cc1[nH]c2ccc(F)cc2c1C(=O)N1CCN(c2nnc(C(C)C)o2)CC1. The van der Waals surface area contributed by atoms with Crippen LogP contribution in [0.3, 0.4) is 0 Å². The summed E-state index contributed by atoms with van der Waals surface area (Å²) in [6.45, 7) is 8.15. The second-order valence-corrected chi connectivity index (χ2v) is 7.17. The average molecular weight is 371 g/mol. The van der Waals surface area contributed by atoms with Gasteiger partial charge in [-0.05, 0) is 25.1 Å². The lowest BCUT2D eigenvalue weighted by molar-refractivity contribution is 0.0746. The van der Waals surface area contributed by atoms with Crippen molar-refractivity contribution in [2.75, 3.05) is 31.1 Å². The summed E-state index contributed by atoms with van der Waals surface area (Å²) in [6.07, 6.45) is 0. The van der Waals surface area contributed by atoms with E-state index in [1.807, 2.05) is 25.7 Å². The molecule has 142 valence electrons. The molecule has 8 heteroatoms. The lowest BCUT2D eigenvalue weighted by Gasteiger charge is -2.33. The molecule has 27 heavy (non-hydrogen) atoms. The molecule has 1 amide bonds. The molecule has 1 saturated heterocycles. The molecule has 3 heterocycles. The van der Waals surface area contributed by atoms with Crippen molar-refractivity contribution < 1.29 is 13.6 Å². The number of hydrogen-bond acceptors (Lipinski definition) is 5. The largest absolute Gasteiger partial charge is 0.408 e. The predicted octanol–water partition coefficient (Wildman–Crippen LogP) is 3.08. The lowest BCUT2D eigenvalue weighted by atomic mass is 10.1. The highest BCUT2D eigenvalue weighted by Crippen LogP contribution is 2.26. The van der Waals surface area contributed by atoms with Crippen molar-refractivity contribution in [3.8, 4) is 0 Å². The number of aromatic nitrogens is 3. The molecule has 0 bridgehead atoms. The van der Waals surface area contributed by atoms with Crippen molar-refractivity contribution in [2.45, 2.75) is 26.7 Å². The first kappa shape index (κ1) is 17.5. The van der Waals surface area contributed by atoms with Crippen molar-refractivity contribution in [3.63, 3.8) is 0 Å². The number of anilines is 1. The minimum absolute atomic E-state index is 0.0857. The number of rotatable bonds is 3. The van der Waals surface area contributed by atoms with Crippen LogP contribution in [-0.2, 0) is 0 Å².